The number of carbonyl (C=O) groups is 1. The molecule has 0 aromatic heterocycles. The summed E-state index contributed by atoms with van der Waals surface area (Å²) < 4.78 is 66.2. The third-order valence-corrected chi connectivity index (χ3v) is 9.73. The number of hydrogen-bond acceptors (Lipinski definition) is 7. The first-order valence-corrected chi connectivity index (χ1v) is 14.8. The normalized spacial score (nSPS) is 14.6. The van der Waals surface area contributed by atoms with E-state index in [0.717, 1.165) is 4.31 Å². The van der Waals surface area contributed by atoms with Gasteiger partial charge in [-0.05, 0) is 54.6 Å². The molecule has 1 fully saturated rings. The number of amides is 1. The van der Waals surface area contributed by atoms with Gasteiger partial charge >= 0.3 is 0 Å². The number of carbonyl (C=O) groups excluding carboxylic acids is 1. The van der Waals surface area contributed by atoms with Gasteiger partial charge in [0.15, 0.2) is 0 Å². The number of benzene rings is 3. The quantitative estimate of drug-likeness (QED) is 0.413. The lowest BCUT2D eigenvalue weighted by molar-refractivity contribution is -0.114. The van der Waals surface area contributed by atoms with E-state index in [1.165, 1.54) is 66.0 Å². The second-order valence-corrected chi connectivity index (χ2v) is 12.4. The van der Waals surface area contributed by atoms with E-state index in [9.17, 15) is 21.6 Å². The van der Waals surface area contributed by atoms with Crippen LogP contribution in [0.1, 0.15) is 0 Å². The Hall–Kier alpha value is -3.16. The molecule has 1 aliphatic heterocycles. The Morgan fingerprint density at radius 2 is 1.66 bits per heavy atom. The molecule has 38 heavy (non-hydrogen) atoms. The number of halogens is 1. The first-order chi connectivity index (χ1) is 18.1. The highest BCUT2D eigenvalue weighted by atomic mass is 35.5. The van der Waals surface area contributed by atoms with Crippen LogP contribution in [0.2, 0.25) is 5.02 Å². The first kappa shape index (κ1) is 27.9. The standard InChI is InChI=1S/C25H26ClN3O7S2/c1-35-23-12-9-20(17-24(23)38(33,34)28-13-15-36-16-14-28)27-25(30)18-29(21-10-7-19(26)8-11-21)37(31,32)22-5-3-2-4-6-22/h2-12,17H,13-16,18H2,1H3,(H,27,30). The molecule has 3 aromatic carbocycles. The van der Waals surface area contributed by atoms with E-state index in [-0.39, 0.29) is 53.2 Å². The number of morpholine rings is 1. The number of hydrogen-bond donors (Lipinski definition) is 1. The van der Waals surface area contributed by atoms with Crippen molar-refractivity contribution in [3.05, 3.63) is 77.8 Å². The third-order valence-electron chi connectivity index (χ3n) is 5.77. The molecule has 0 aliphatic carbocycles. The summed E-state index contributed by atoms with van der Waals surface area (Å²) in [5, 5.41) is 3.01. The van der Waals surface area contributed by atoms with Crippen molar-refractivity contribution >= 4 is 48.9 Å². The Labute approximate surface area is 226 Å². The van der Waals surface area contributed by atoms with E-state index < -0.39 is 32.5 Å². The van der Waals surface area contributed by atoms with Gasteiger partial charge in [-0.2, -0.15) is 4.31 Å². The topological polar surface area (TPSA) is 122 Å². The van der Waals surface area contributed by atoms with E-state index in [1.807, 2.05) is 0 Å². The van der Waals surface area contributed by atoms with Gasteiger partial charge in [0.1, 0.15) is 17.2 Å². The Kier molecular flexibility index (Phi) is 8.58. The van der Waals surface area contributed by atoms with Crippen LogP contribution in [0, 0.1) is 0 Å². The minimum absolute atomic E-state index is 0.00564. The average molecular weight is 580 g/mol. The SMILES string of the molecule is COc1ccc(NC(=O)CN(c2ccc(Cl)cc2)S(=O)(=O)c2ccccc2)cc1S(=O)(=O)N1CCOCC1. The number of nitrogens with zero attached hydrogens (tertiary/aromatic N) is 2. The number of anilines is 2. The number of ether oxygens (including phenoxy) is 2. The van der Waals surface area contributed by atoms with E-state index in [0.29, 0.717) is 5.02 Å². The molecule has 13 heteroatoms. The summed E-state index contributed by atoms with van der Waals surface area (Å²) in [4.78, 5) is 13.0. The molecule has 0 bridgehead atoms. The van der Waals surface area contributed by atoms with Crippen LogP contribution in [0.25, 0.3) is 0 Å². The van der Waals surface area contributed by atoms with Gasteiger partial charge < -0.3 is 14.8 Å². The summed E-state index contributed by atoms with van der Waals surface area (Å²) >= 11 is 5.98. The lowest BCUT2D eigenvalue weighted by Crippen LogP contribution is -2.40. The minimum atomic E-state index is -4.12. The van der Waals surface area contributed by atoms with Crippen molar-refractivity contribution in [3.63, 3.8) is 0 Å². The molecule has 1 aliphatic rings. The molecule has 1 saturated heterocycles. The number of nitrogens with one attached hydrogen (secondary N) is 1. The Balaban J connectivity index is 1.62. The minimum Gasteiger partial charge on any atom is -0.495 e. The van der Waals surface area contributed by atoms with Crippen LogP contribution >= 0.6 is 11.6 Å². The lowest BCUT2D eigenvalue weighted by atomic mass is 10.3. The zero-order valence-electron chi connectivity index (χ0n) is 20.4. The molecule has 4 rings (SSSR count). The third kappa shape index (κ3) is 6.11. The van der Waals surface area contributed by atoms with Crippen molar-refractivity contribution in [1.82, 2.24) is 4.31 Å². The van der Waals surface area contributed by atoms with Crippen LogP contribution in [0.15, 0.2) is 82.6 Å². The number of sulfonamides is 2. The van der Waals surface area contributed by atoms with Crippen molar-refractivity contribution in [1.29, 1.82) is 0 Å². The van der Waals surface area contributed by atoms with E-state index in [1.54, 1.807) is 18.2 Å². The zero-order valence-corrected chi connectivity index (χ0v) is 22.8. The average Bonchev–Trinajstić information content (AvgIpc) is 2.93. The van der Waals surface area contributed by atoms with Crippen molar-refractivity contribution < 1.29 is 31.1 Å². The summed E-state index contributed by atoms with van der Waals surface area (Å²) in [7, 11) is -6.70. The second-order valence-electron chi connectivity index (χ2n) is 8.23. The molecule has 3 aromatic rings. The van der Waals surface area contributed by atoms with E-state index >= 15 is 0 Å². The highest BCUT2D eigenvalue weighted by molar-refractivity contribution is 7.92. The molecule has 10 nitrogen and oxygen atoms in total. The molecule has 1 amide bonds. The largest absolute Gasteiger partial charge is 0.495 e. The first-order valence-electron chi connectivity index (χ1n) is 11.5. The van der Waals surface area contributed by atoms with E-state index in [2.05, 4.69) is 5.32 Å². The van der Waals surface area contributed by atoms with Crippen molar-refractivity contribution in [2.24, 2.45) is 0 Å². The fraction of sp³-hybridized carbons (Fsp3) is 0.240. The van der Waals surface area contributed by atoms with Crippen molar-refractivity contribution in [3.8, 4) is 5.75 Å². The zero-order chi connectivity index (χ0) is 27.3. The van der Waals surface area contributed by atoms with Gasteiger partial charge in [-0.15, -0.1) is 0 Å². The molecule has 0 spiro atoms. The van der Waals surface area contributed by atoms with Gasteiger partial charge in [0.2, 0.25) is 15.9 Å². The molecule has 0 saturated carbocycles. The maximum Gasteiger partial charge on any atom is 0.264 e. The van der Waals surface area contributed by atoms with Crippen LogP contribution in [-0.4, -0.2) is 67.0 Å². The Morgan fingerprint density at radius 1 is 1.00 bits per heavy atom. The van der Waals surface area contributed by atoms with Gasteiger partial charge in [-0.1, -0.05) is 29.8 Å². The highest BCUT2D eigenvalue weighted by Gasteiger charge is 2.30. The number of rotatable bonds is 9. The molecular formula is C25H26ClN3O7S2. The molecular weight excluding hydrogens is 554 g/mol. The van der Waals surface area contributed by atoms with Gasteiger partial charge in [-0.3, -0.25) is 9.10 Å². The smallest absolute Gasteiger partial charge is 0.264 e. The van der Waals surface area contributed by atoms with Gasteiger partial charge in [0, 0.05) is 23.8 Å². The van der Waals surface area contributed by atoms with Crippen molar-refractivity contribution in [2.75, 3.05) is 49.6 Å². The number of methoxy groups -OCH3 is 1. The van der Waals surface area contributed by atoms with Crippen LogP contribution in [0.3, 0.4) is 0 Å². The second kappa shape index (κ2) is 11.7. The fourth-order valence-electron chi connectivity index (χ4n) is 3.86. The highest BCUT2D eigenvalue weighted by Crippen LogP contribution is 2.31. The molecule has 1 heterocycles. The van der Waals surface area contributed by atoms with Gasteiger partial charge in [0.05, 0.1) is 30.9 Å². The van der Waals surface area contributed by atoms with Crippen LogP contribution < -0.4 is 14.4 Å². The fourth-order valence-corrected chi connectivity index (χ4v) is 7.01. The maximum atomic E-state index is 13.5. The predicted octanol–water partition coefficient (Wildman–Crippen LogP) is 3.20. The van der Waals surface area contributed by atoms with Gasteiger partial charge in [-0.25, -0.2) is 16.8 Å². The summed E-state index contributed by atoms with van der Waals surface area (Å²) in [5.74, 6) is -0.566. The summed E-state index contributed by atoms with van der Waals surface area (Å²) in [5.41, 5.74) is 0.398. The molecule has 202 valence electrons. The summed E-state index contributed by atoms with van der Waals surface area (Å²) in [6.07, 6.45) is 0. The Morgan fingerprint density at radius 3 is 2.29 bits per heavy atom. The van der Waals surface area contributed by atoms with Crippen molar-refractivity contribution in [2.45, 2.75) is 9.79 Å². The molecule has 1 N–H and O–H groups in total. The maximum absolute atomic E-state index is 13.5. The van der Waals surface area contributed by atoms with Crippen LogP contribution in [-0.2, 0) is 29.6 Å². The van der Waals surface area contributed by atoms with E-state index in [4.69, 9.17) is 21.1 Å². The lowest BCUT2D eigenvalue weighted by Gasteiger charge is -2.27. The predicted molar refractivity (Wildman–Crippen MR) is 144 cm³/mol. The Bertz CT molecular complexity index is 1490. The molecule has 0 unspecified atom stereocenters. The van der Waals surface area contributed by atoms with Gasteiger partial charge in [0.25, 0.3) is 10.0 Å². The van der Waals surface area contributed by atoms with Crippen LogP contribution in [0.5, 0.6) is 5.75 Å². The van der Waals surface area contributed by atoms with Crippen LogP contribution in [0.4, 0.5) is 11.4 Å². The summed E-state index contributed by atoms with van der Waals surface area (Å²) in [6, 6.07) is 18.0. The monoisotopic (exact) mass is 579 g/mol. The molecule has 0 atom stereocenters. The summed E-state index contributed by atoms with van der Waals surface area (Å²) in [6.45, 7) is 0.351. The molecule has 0 radical (unpaired) electrons.